The molecule has 0 atom stereocenters. The van der Waals surface area contributed by atoms with E-state index in [1.807, 2.05) is 24.3 Å². The third-order valence-corrected chi connectivity index (χ3v) is 4.73. The molecule has 4 rings (SSSR count). The number of benzene rings is 1. The Labute approximate surface area is 155 Å². The van der Waals surface area contributed by atoms with Gasteiger partial charge in [0.1, 0.15) is 11.6 Å². The van der Waals surface area contributed by atoms with Crippen molar-refractivity contribution in [2.75, 3.05) is 31.9 Å². The molecule has 1 aliphatic rings. The number of H-pyrrole nitrogens is 1. The van der Waals surface area contributed by atoms with Crippen LogP contribution in [0.1, 0.15) is 16.2 Å². The molecule has 0 spiro atoms. The van der Waals surface area contributed by atoms with Gasteiger partial charge in [-0.1, -0.05) is 12.1 Å². The molecular weight excluding hydrogens is 344 g/mol. The van der Waals surface area contributed by atoms with Gasteiger partial charge in [0.25, 0.3) is 5.91 Å². The highest BCUT2D eigenvalue weighted by Gasteiger charge is 2.23. The van der Waals surface area contributed by atoms with Crippen LogP contribution in [-0.4, -0.2) is 56.8 Å². The summed E-state index contributed by atoms with van der Waals surface area (Å²) in [6.07, 6.45) is 1.46. The Hall–Kier alpha value is -3.26. The number of nitrogens with one attached hydrogen (secondary N) is 1. The minimum atomic E-state index is -0.217. The summed E-state index contributed by atoms with van der Waals surface area (Å²) >= 11 is 0. The Morgan fingerprint density at radius 3 is 2.59 bits per heavy atom. The zero-order chi connectivity index (χ0) is 18.8. The summed E-state index contributed by atoms with van der Waals surface area (Å²) in [7, 11) is 0. The molecule has 0 unspecified atom stereocenters. The van der Waals surface area contributed by atoms with Gasteiger partial charge in [0, 0.05) is 43.8 Å². The van der Waals surface area contributed by atoms with Gasteiger partial charge in [-0.15, -0.1) is 0 Å². The van der Waals surface area contributed by atoms with Crippen LogP contribution in [0.2, 0.25) is 0 Å². The second-order valence-electron chi connectivity index (χ2n) is 6.55. The second kappa shape index (κ2) is 7.16. The van der Waals surface area contributed by atoms with E-state index in [9.17, 15) is 9.59 Å². The summed E-state index contributed by atoms with van der Waals surface area (Å²) in [5, 5.41) is 0.859. The lowest BCUT2D eigenvalue weighted by Gasteiger charge is -2.34. The summed E-state index contributed by atoms with van der Waals surface area (Å²) in [4.78, 5) is 39.2. The molecule has 1 fully saturated rings. The fourth-order valence-electron chi connectivity index (χ4n) is 3.26. The number of hydrogen-bond acceptors (Lipinski definition) is 6. The fraction of sp³-hybridized carbons (Fsp3) is 0.263. The summed E-state index contributed by atoms with van der Waals surface area (Å²) in [5.74, 6) is 1.10. The van der Waals surface area contributed by atoms with Crippen LogP contribution in [0.5, 0.6) is 0 Å². The lowest BCUT2D eigenvalue weighted by molar-refractivity contribution is 0.0625. The third-order valence-electron chi connectivity index (χ3n) is 4.73. The first-order chi connectivity index (χ1) is 13.1. The van der Waals surface area contributed by atoms with E-state index in [4.69, 9.17) is 5.73 Å². The van der Waals surface area contributed by atoms with Crippen LogP contribution in [0.4, 0.5) is 5.82 Å². The fourth-order valence-corrected chi connectivity index (χ4v) is 3.26. The first-order valence-electron chi connectivity index (χ1n) is 8.82. The summed E-state index contributed by atoms with van der Waals surface area (Å²) in [6, 6.07) is 10.6. The molecule has 0 radical (unpaired) electrons. The molecule has 1 aromatic carbocycles. The van der Waals surface area contributed by atoms with Crippen LogP contribution in [0, 0.1) is 0 Å². The monoisotopic (exact) mass is 364 g/mol. The number of anilines is 1. The minimum absolute atomic E-state index is 0.0721. The molecule has 0 aliphatic carbocycles. The van der Waals surface area contributed by atoms with E-state index in [0.717, 1.165) is 24.0 Å². The Balaban J connectivity index is 1.40. The number of amides is 1. The summed E-state index contributed by atoms with van der Waals surface area (Å²) in [6.45, 7) is 3.27. The number of nitrogen functional groups attached to an aromatic ring is 1. The van der Waals surface area contributed by atoms with Crippen molar-refractivity contribution in [2.45, 2.75) is 6.54 Å². The van der Waals surface area contributed by atoms with E-state index in [-0.39, 0.29) is 11.5 Å². The molecule has 1 saturated heterocycles. The van der Waals surface area contributed by atoms with E-state index in [0.29, 0.717) is 36.8 Å². The largest absolute Gasteiger partial charge is 0.383 e. The van der Waals surface area contributed by atoms with Gasteiger partial charge in [-0.2, -0.15) is 0 Å². The van der Waals surface area contributed by atoms with Crippen molar-refractivity contribution in [1.29, 1.82) is 0 Å². The topological polar surface area (TPSA) is 108 Å². The number of piperazine rings is 1. The maximum absolute atomic E-state index is 12.5. The van der Waals surface area contributed by atoms with Crippen molar-refractivity contribution in [2.24, 2.45) is 0 Å². The first kappa shape index (κ1) is 17.2. The van der Waals surface area contributed by atoms with Crippen LogP contribution in [-0.2, 0) is 6.54 Å². The van der Waals surface area contributed by atoms with Crippen molar-refractivity contribution in [3.8, 4) is 0 Å². The molecule has 1 amide bonds. The summed E-state index contributed by atoms with van der Waals surface area (Å²) < 4.78 is 0. The average Bonchev–Trinajstić information content (AvgIpc) is 2.69. The van der Waals surface area contributed by atoms with Crippen LogP contribution in [0.15, 0.2) is 47.4 Å². The Morgan fingerprint density at radius 2 is 1.85 bits per heavy atom. The van der Waals surface area contributed by atoms with Crippen molar-refractivity contribution in [3.63, 3.8) is 0 Å². The predicted octanol–water partition coefficient (Wildman–Crippen LogP) is 0.858. The van der Waals surface area contributed by atoms with Gasteiger partial charge < -0.3 is 15.6 Å². The SMILES string of the molecule is Nc1nc(CN2CCN(C(=O)c3ccc(=O)[nH]c3)CC2)nc2ccccc12. The second-order valence-corrected chi connectivity index (χ2v) is 6.55. The first-order valence-corrected chi connectivity index (χ1v) is 8.82. The van der Waals surface area contributed by atoms with Gasteiger partial charge in [-0.25, -0.2) is 9.97 Å². The minimum Gasteiger partial charge on any atom is -0.383 e. The quantitative estimate of drug-likeness (QED) is 0.714. The van der Waals surface area contributed by atoms with E-state index in [1.165, 1.54) is 12.3 Å². The number of para-hydroxylation sites is 1. The molecule has 138 valence electrons. The maximum atomic E-state index is 12.5. The molecule has 27 heavy (non-hydrogen) atoms. The number of nitrogens with zero attached hydrogens (tertiary/aromatic N) is 4. The molecule has 2 aromatic heterocycles. The maximum Gasteiger partial charge on any atom is 0.255 e. The van der Waals surface area contributed by atoms with Crippen molar-refractivity contribution < 1.29 is 4.79 Å². The molecule has 3 aromatic rings. The highest BCUT2D eigenvalue weighted by molar-refractivity contribution is 5.94. The number of hydrogen-bond donors (Lipinski definition) is 2. The van der Waals surface area contributed by atoms with Gasteiger partial charge in [0.15, 0.2) is 0 Å². The predicted molar refractivity (Wildman–Crippen MR) is 102 cm³/mol. The molecule has 8 heteroatoms. The number of aromatic nitrogens is 3. The molecular formula is C19H20N6O2. The van der Waals surface area contributed by atoms with Crippen molar-refractivity contribution in [1.82, 2.24) is 24.8 Å². The molecule has 8 nitrogen and oxygen atoms in total. The number of rotatable bonds is 3. The number of fused-ring (bicyclic) bond motifs is 1. The van der Waals surface area contributed by atoms with Crippen molar-refractivity contribution >= 4 is 22.6 Å². The van der Waals surface area contributed by atoms with E-state index >= 15 is 0 Å². The van der Waals surface area contributed by atoms with Crippen molar-refractivity contribution in [3.05, 3.63) is 64.3 Å². The number of carbonyl (C=O) groups excluding carboxylic acids is 1. The van der Waals surface area contributed by atoms with Gasteiger partial charge in [0.2, 0.25) is 5.56 Å². The Kier molecular flexibility index (Phi) is 4.55. The van der Waals surface area contributed by atoms with Gasteiger partial charge in [-0.05, 0) is 18.2 Å². The molecule has 3 heterocycles. The molecule has 0 saturated carbocycles. The lowest BCUT2D eigenvalue weighted by atomic mass is 10.2. The zero-order valence-electron chi connectivity index (χ0n) is 14.8. The normalized spacial score (nSPS) is 15.2. The zero-order valence-corrected chi connectivity index (χ0v) is 14.8. The van der Waals surface area contributed by atoms with E-state index < -0.39 is 0 Å². The van der Waals surface area contributed by atoms with Crippen LogP contribution >= 0.6 is 0 Å². The van der Waals surface area contributed by atoms with Gasteiger partial charge >= 0.3 is 0 Å². The molecule has 1 aliphatic heterocycles. The van der Waals surface area contributed by atoms with Crippen LogP contribution in [0.3, 0.4) is 0 Å². The highest BCUT2D eigenvalue weighted by Crippen LogP contribution is 2.18. The average molecular weight is 364 g/mol. The van der Waals surface area contributed by atoms with E-state index in [2.05, 4.69) is 19.9 Å². The number of nitrogens with two attached hydrogens (primary N) is 1. The molecule has 3 N–H and O–H groups in total. The molecule has 0 bridgehead atoms. The summed E-state index contributed by atoms with van der Waals surface area (Å²) in [5.41, 5.74) is 7.17. The number of pyridine rings is 1. The van der Waals surface area contributed by atoms with Crippen LogP contribution in [0.25, 0.3) is 10.9 Å². The lowest BCUT2D eigenvalue weighted by Crippen LogP contribution is -2.48. The standard InChI is InChI=1S/C19H20N6O2/c20-18-14-3-1-2-4-15(14)22-16(23-18)12-24-7-9-25(10-8-24)19(27)13-5-6-17(26)21-11-13/h1-6,11H,7-10,12H2,(H,21,26)(H2,20,22,23). The Morgan fingerprint density at radius 1 is 1.07 bits per heavy atom. The third kappa shape index (κ3) is 3.65. The Bertz CT molecular complexity index is 1020. The van der Waals surface area contributed by atoms with Gasteiger partial charge in [-0.3, -0.25) is 14.5 Å². The smallest absolute Gasteiger partial charge is 0.255 e. The number of aromatic amines is 1. The van der Waals surface area contributed by atoms with Gasteiger partial charge in [0.05, 0.1) is 17.6 Å². The van der Waals surface area contributed by atoms with E-state index in [1.54, 1.807) is 11.0 Å². The highest BCUT2D eigenvalue weighted by atomic mass is 16.2. The van der Waals surface area contributed by atoms with Crippen LogP contribution < -0.4 is 11.3 Å². The number of carbonyl (C=O) groups is 1.